The van der Waals surface area contributed by atoms with Gasteiger partial charge in [-0.2, -0.15) is 0 Å². The predicted molar refractivity (Wildman–Crippen MR) is 98.2 cm³/mol. The molecule has 0 aliphatic heterocycles. The third-order valence-electron chi connectivity index (χ3n) is 5.07. The van der Waals surface area contributed by atoms with Crippen LogP contribution in [0, 0.1) is 12.8 Å². The molecular weight excluding hydrogens is 350 g/mol. The van der Waals surface area contributed by atoms with Crippen molar-refractivity contribution in [1.29, 1.82) is 0 Å². The van der Waals surface area contributed by atoms with E-state index in [9.17, 15) is 19.5 Å². The van der Waals surface area contributed by atoms with E-state index in [0.717, 1.165) is 25.7 Å². The van der Waals surface area contributed by atoms with Crippen LogP contribution < -0.4 is 10.9 Å². The van der Waals surface area contributed by atoms with Crippen molar-refractivity contribution < 1.29 is 23.8 Å². The zero-order valence-corrected chi connectivity index (χ0v) is 15.4. The SMILES string of the molecule is CC(=O)N[C@@H](C(=O)OCc1cc(=O)oc2c(C)c(O)ccc12)C1CCCC1. The van der Waals surface area contributed by atoms with E-state index in [1.165, 1.54) is 19.1 Å². The molecule has 1 aliphatic carbocycles. The lowest BCUT2D eigenvalue weighted by Gasteiger charge is -2.22. The number of aryl methyl sites for hydroxylation is 1. The van der Waals surface area contributed by atoms with Crippen LogP contribution in [0.25, 0.3) is 11.0 Å². The van der Waals surface area contributed by atoms with Crippen molar-refractivity contribution in [3.8, 4) is 5.75 Å². The Balaban J connectivity index is 1.82. The summed E-state index contributed by atoms with van der Waals surface area (Å²) < 4.78 is 10.6. The van der Waals surface area contributed by atoms with Crippen LogP contribution in [0.2, 0.25) is 0 Å². The first kappa shape index (κ1) is 18.9. The van der Waals surface area contributed by atoms with Gasteiger partial charge >= 0.3 is 11.6 Å². The number of phenolic OH excluding ortho intramolecular Hbond substituents is 1. The van der Waals surface area contributed by atoms with Crippen molar-refractivity contribution in [2.24, 2.45) is 5.92 Å². The topological polar surface area (TPSA) is 106 Å². The van der Waals surface area contributed by atoms with Gasteiger partial charge < -0.3 is 19.6 Å². The molecule has 27 heavy (non-hydrogen) atoms. The lowest BCUT2D eigenvalue weighted by molar-refractivity contribution is -0.150. The molecule has 0 radical (unpaired) electrons. The van der Waals surface area contributed by atoms with E-state index in [4.69, 9.17) is 9.15 Å². The molecule has 1 aliphatic rings. The highest BCUT2D eigenvalue weighted by atomic mass is 16.5. The quantitative estimate of drug-likeness (QED) is 0.616. The van der Waals surface area contributed by atoms with Crippen molar-refractivity contribution in [3.05, 3.63) is 39.7 Å². The third kappa shape index (κ3) is 4.13. The molecule has 2 aromatic rings. The van der Waals surface area contributed by atoms with Crippen molar-refractivity contribution in [2.75, 3.05) is 0 Å². The molecule has 7 nitrogen and oxygen atoms in total. The van der Waals surface area contributed by atoms with Crippen LogP contribution in [0.5, 0.6) is 5.75 Å². The minimum atomic E-state index is -0.679. The van der Waals surface area contributed by atoms with Gasteiger partial charge in [0.1, 0.15) is 24.0 Å². The summed E-state index contributed by atoms with van der Waals surface area (Å²) in [4.78, 5) is 35.9. The first-order chi connectivity index (χ1) is 12.9. The van der Waals surface area contributed by atoms with Crippen LogP contribution in [-0.2, 0) is 20.9 Å². The molecule has 0 saturated heterocycles. The van der Waals surface area contributed by atoms with Gasteiger partial charge in [-0.25, -0.2) is 9.59 Å². The van der Waals surface area contributed by atoms with Gasteiger partial charge in [-0.05, 0) is 37.8 Å². The van der Waals surface area contributed by atoms with E-state index < -0.39 is 17.6 Å². The number of carbonyl (C=O) groups is 2. The summed E-state index contributed by atoms with van der Waals surface area (Å²) >= 11 is 0. The Morgan fingerprint density at radius 1 is 1.33 bits per heavy atom. The second kappa shape index (κ2) is 7.82. The number of amides is 1. The van der Waals surface area contributed by atoms with E-state index in [2.05, 4.69) is 5.32 Å². The largest absolute Gasteiger partial charge is 0.508 e. The van der Waals surface area contributed by atoms with E-state index in [-0.39, 0.29) is 29.8 Å². The van der Waals surface area contributed by atoms with Crippen LogP contribution in [0.3, 0.4) is 0 Å². The number of fused-ring (bicyclic) bond motifs is 1. The van der Waals surface area contributed by atoms with E-state index in [1.807, 2.05) is 0 Å². The number of esters is 1. The molecule has 144 valence electrons. The molecule has 0 bridgehead atoms. The molecule has 1 amide bonds. The average Bonchev–Trinajstić information content (AvgIpc) is 3.15. The molecule has 0 unspecified atom stereocenters. The Kier molecular flexibility index (Phi) is 5.48. The zero-order chi connectivity index (χ0) is 19.6. The van der Waals surface area contributed by atoms with Crippen molar-refractivity contribution in [3.63, 3.8) is 0 Å². The van der Waals surface area contributed by atoms with Crippen molar-refractivity contribution in [1.82, 2.24) is 5.32 Å². The molecule has 1 saturated carbocycles. The molecule has 0 spiro atoms. The molecule has 3 rings (SSSR count). The van der Waals surface area contributed by atoms with Gasteiger partial charge in [-0.1, -0.05) is 12.8 Å². The Hall–Kier alpha value is -2.83. The highest BCUT2D eigenvalue weighted by Gasteiger charge is 2.32. The summed E-state index contributed by atoms with van der Waals surface area (Å²) in [5, 5.41) is 13.1. The minimum Gasteiger partial charge on any atom is -0.508 e. The predicted octanol–water partition coefficient (Wildman–Crippen LogP) is 2.55. The molecule has 7 heteroatoms. The first-order valence-electron chi connectivity index (χ1n) is 9.06. The number of nitrogens with one attached hydrogen (secondary N) is 1. The Morgan fingerprint density at radius 3 is 2.70 bits per heavy atom. The second-order valence-electron chi connectivity index (χ2n) is 7.01. The fourth-order valence-electron chi connectivity index (χ4n) is 3.65. The number of benzene rings is 1. The van der Waals surface area contributed by atoms with Crippen LogP contribution in [0.1, 0.15) is 43.7 Å². The highest BCUT2D eigenvalue weighted by molar-refractivity contribution is 5.86. The summed E-state index contributed by atoms with van der Waals surface area (Å²) in [6.45, 7) is 2.90. The average molecular weight is 373 g/mol. The number of hydrogen-bond donors (Lipinski definition) is 2. The summed E-state index contributed by atoms with van der Waals surface area (Å²) in [6, 6.07) is 3.71. The Bertz CT molecular complexity index is 926. The van der Waals surface area contributed by atoms with Gasteiger partial charge in [0, 0.05) is 29.5 Å². The molecule has 2 N–H and O–H groups in total. The molecule has 1 aromatic heterocycles. The van der Waals surface area contributed by atoms with E-state index in [0.29, 0.717) is 16.5 Å². The molecule has 1 aromatic carbocycles. The summed E-state index contributed by atoms with van der Waals surface area (Å²) in [6.07, 6.45) is 3.80. The van der Waals surface area contributed by atoms with Gasteiger partial charge in [0.15, 0.2) is 0 Å². The summed E-state index contributed by atoms with van der Waals surface area (Å²) in [5.41, 5.74) is 0.616. The number of ether oxygens (including phenoxy) is 1. The fourth-order valence-corrected chi connectivity index (χ4v) is 3.65. The highest BCUT2D eigenvalue weighted by Crippen LogP contribution is 2.30. The van der Waals surface area contributed by atoms with Crippen LogP contribution in [0.15, 0.2) is 27.4 Å². The number of aromatic hydroxyl groups is 1. The Morgan fingerprint density at radius 2 is 2.04 bits per heavy atom. The third-order valence-corrected chi connectivity index (χ3v) is 5.07. The normalized spacial score (nSPS) is 15.6. The van der Waals surface area contributed by atoms with Crippen molar-refractivity contribution >= 4 is 22.8 Å². The van der Waals surface area contributed by atoms with Gasteiger partial charge in [0.05, 0.1) is 0 Å². The minimum absolute atomic E-state index is 0.0201. The smallest absolute Gasteiger partial charge is 0.336 e. The lowest BCUT2D eigenvalue weighted by Crippen LogP contribution is -2.45. The number of hydrogen-bond acceptors (Lipinski definition) is 6. The van der Waals surface area contributed by atoms with Crippen LogP contribution >= 0.6 is 0 Å². The van der Waals surface area contributed by atoms with Gasteiger partial charge in [0.25, 0.3) is 0 Å². The maximum Gasteiger partial charge on any atom is 0.336 e. The van der Waals surface area contributed by atoms with Gasteiger partial charge in [0.2, 0.25) is 5.91 Å². The van der Waals surface area contributed by atoms with E-state index in [1.54, 1.807) is 13.0 Å². The van der Waals surface area contributed by atoms with Crippen LogP contribution in [-0.4, -0.2) is 23.0 Å². The van der Waals surface area contributed by atoms with E-state index >= 15 is 0 Å². The maximum atomic E-state index is 12.6. The summed E-state index contributed by atoms with van der Waals surface area (Å²) in [7, 11) is 0. The Labute approximate surface area is 156 Å². The van der Waals surface area contributed by atoms with Gasteiger partial charge in [-0.15, -0.1) is 0 Å². The monoisotopic (exact) mass is 373 g/mol. The summed E-state index contributed by atoms with van der Waals surface area (Å²) in [5.74, 6) is -0.695. The molecule has 1 heterocycles. The molecule has 1 atom stereocenters. The second-order valence-corrected chi connectivity index (χ2v) is 7.01. The zero-order valence-electron chi connectivity index (χ0n) is 15.4. The maximum absolute atomic E-state index is 12.6. The number of rotatable bonds is 5. The molecular formula is C20H23NO6. The van der Waals surface area contributed by atoms with Crippen molar-refractivity contribution in [2.45, 2.75) is 52.2 Å². The first-order valence-corrected chi connectivity index (χ1v) is 9.06. The number of phenols is 1. The standard InChI is InChI=1S/C20H23NO6/c1-11-16(23)8-7-15-14(9-17(24)27-19(11)15)10-26-20(25)18(21-12(2)22)13-5-3-4-6-13/h7-9,13,18,23H,3-6,10H2,1-2H3,(H,21,22)/t18-/m1/s1. The van der Waals surface area contributed by atoms with Gasteiger partial charge in [-0.3, -0.25) is 4.79 Å². The van der Waals surface area contributed by atoms with Crippen LogP contribution in [0.4, 0.5) is 0 Å². The fraction of sp³-hybridized carbons (Fsp3) is 0.450. The molecule has 1 fully saturated rings. The number of carbonyl (C=O) groups excluding carboxylic acids is 2. The lowest BCUT2D eigenvalue weighted by atomic mass is 9.98.